The van der Waals surface area contributed by atoms with Crippen LogP contribution in [0.15, 0.2) is 199 Å². The van der Waals surface area contributed by atoms with Crippen molar-refractivity contribution in [2.45, 2.75) is 114 Å². The maximum atomic E-state index is 12.1. The fourth-order valence-electron chi connectivity index (χ4n) is 10.6. The SMILES string of the molecule is CC(C)(C)c1cccc(CCN2CCC(C(O)(c3ccccc3)c3ccccc3)CC2)c1.Cc1ccc(S(=O)(=O)OCCc2cccc(C(C)(C)C)c2)cc1.OC(c1ccccc1)(c1ccccc1)C1CCNCC1. The third kappa shape index (κ3) is 15.2. The van der Waals surface area contributed by atoms with Crippen molar-refractivity contribution in [1.82, 2.24) is 10.2 Å². The molecular weight excluding hydrogens is 945 g/mol. The standard InChI is InChI=1S/C30H37NO.C19H24O3S.C18H21NO/c1-29(2,3)28-16-10-11-24(23-28)17-20-31-21-18-27(19-22-31)30(32,25-12-6-4-7-13-25)26-14-8-5-9-15-26;1-15-8-10-18(11-9-15)23(20,21)22-13-12-16-6-5-7-17(14-16)19(2,3)4;20-18(15-7-3-1-4-8-15,16-9-5-2-6-10-16)17-11-13-19-14-12-17/h4-16,23,27,32H,17-22H2,1-3H3;5-11,14H,12-13H2,1-4H3;1-10,17,19-20H,11-14H2. The zero-order valence-corrected chi connectivity index (χ0v) is 46.4. The molecule has 2 aliphatic heterocycles. The molecule has 0 bridgehead atoms. The van der Waals surface area contributed by atoms with Crippen molar-refractivity contribution < 1.29 is 22.8 Å². The van der Waals surface area contributed by atoms with Crippen LogP contribution in [0.5, 0.6) is 0 Å². The van der Waals surface area contributed by atoms with Gasteiger partial charge in [0.1, 0.15) is 11.2 Å². The maximum absolute atomic E-state index is 12.1. The molecule has 0 spiro atoms. The van der Waals surface area contributed by atoms with E-state index in [1.54, 1.807) is 24.3 Å². The van der Waals surface area contributed by atoms with Gasteiger partial charge in [-0.05, 0) is 151 Å². The van der Waals surface area contributed by atoms with Gasteiger partial charge in [0.25, 0.3) is 10.1 Å². The van der Waals surface area contributed by atoms with E-state index in [0.29, 0.717) is 6.42 Å². The topological polar surface area (TPSA) is 99.1 Å². The van der Waals surface area contributed by atoms with E-state index < -0.39 is 21.3 Å². The predicted molar refractivity (Wildman–Crippen MR) is 309 cm³/mol. The Balaban J connectivity index is 0.000000170. The molecular formula is C67H82N2O5S. The molecule has 0 saturated carbocycles. The quantitative estimate of drug-likeness (QED) is 0.0933. The van der Waals surface area contributed by atoms with E-state index >= 15 is 0 Å². The normalized spacial score (nSPS) is 15.3. The van der Waals surface area contributed by atoms with Crippen LogP contribution < -0.4 is 5.32 Å². The molecule has 2 aliphatic rings. The van der Waals surface area contributed by atoms with Gasteiger partial charge < -0.3 is 20.4 Å². The van der Waals surface area contributed by atoms with Crippen molar-refractivity contribution in [3.63, 3.8) is 0 Å². The van der Waals surface area contributed by atoms with Gasteiger partial charge in [-0.15, -0.1) is 0 Å². The van der Waals surface area contributed by atoms with Gasteiger partial charge in [-0.25, -0.2) is 0 Å². The number of rotatable bonds is 14. The van der Waals surface area contributed by atoms with Gasteiger partial charge in [-0.2, -0.15) is 8.42 Å². The summed E-state index contributed by atoms with van der Waals surface area (Å²) in [7, 11) is -3.69. The van der Waals surface area contributed by atoms with Crippen LogP contribution in [0.1, 0.15) is 117 Å². The van der Waals surface area contributed by atoms with E-state index in [9.17, 15) is 18.6 Å². The molecule has 0 amide bonds. The Bertz CT molecular complexity index is 2820. The lowest BCUT2D eigenvalue weighted by atomic mass is 9.72. The first-order valence-corrected chi connectivity index (χ1v) is 28.5. The summed E-state index contributed by atoms with van der Waals surface area (Å²) in [6.45, 7) is 20.5. The molecule has 75 heavy (non-hydrogen) atoms. The Morgan fingerprint density at radius 3 is 1.27 bits per heavy atom. The fourth-order valence-corrected chi connectivity index (χ4v) is 11.5. The highest BCUT2D eigenvalue weighted by molar-refractivity contribution is 7.86. The van der Waals surface area contributed by atoms with Crippen LogP contribution in [0.4, 0.5) is 0 Å². The van der Waals surface area contributed by atoms with Gasteiger partial charge in [-0.3, -0.25) is 4.18 Å². The van der Waals surface area contributed by atoms with Gasteiger partial charge in [-0.1, -0.05) is 229 Å². The molecule has 3 N–H and O–H groups in total. The number of hydrogen-bond donors (Lipinski definition) is 3. The summed E-state index contributed by atoms with van der Waals surface area (Å²) in [6, 6.07) is 64.6. The molecule has 8 heteroatoms. The first-order chi connectivity index (χ1) is 35.9. The first kappa shape index (κ1) is 57.0. The van der Waals surface area contributed by atoms with Crippen molar-refractivity contribution in [1.29, 1.82) is 0 Å². The van der Waals surface area contributed by atoms with Crippen molar-refractivity contribution in [2.24, 2.45) is 11.8 Å². The minimum Gasteiger partial charge on any atom is -0.380 e. The second-order valence-electron chi connectivity index (χ2n) is 22.6. The molecule has 396 valence electrons. The second kappa shape index (κ2) is 25.9. The number of benzene rings is 7. The Morgan fingerprint density at radius 2 is 0.867 bits per heavy atom. The lowest BCUT2D eigenvalue weighted by Gasteiger charge is -2.42. The highest BCUT2D eigenvalue weighted by Gasteiger charge is 2.42. The van der Waals surface area contributed by atoms with E-state index in [1.807, 2.05) is 116 Å². The maximum Gasteiger partial charge on any atom is 0.296 e. The van der Waals surface area contributed by atoms with Crippen LogP contribution in [-0.4, -0.2) is 62.9 Å². The zero-order chi connectivity index (χ0) is 53.5. The van der Waals surface area contributed by atoms with Crippen LogP contribution in [-0.2, 0) is 49.2 Å². The van der Waals surface area contributed by atoms with Gasteiger partial charge in [0, 0.05) is 6.54 Å². The van der Waals surface area contributed by atoms with Gasteiger partial charge in [0.15, 0.2) is 0 Å². The van der Waals surface area contributed by atoms with Crippen molar-refractivity contribution in [3.05, 3.63) is 244 Å². The Labute approximate surface area is 450 Å². The summed E-state index contributed by atoms with van der Waals surface area (Å²) in [5.41, 5.74) is 8.60. The van der Waals surface area contributed by atoms with Gasteiger partial charge >= 0.3 is 0 Å². The summed E-state index contributed by atoms with van der Waals surface area (Å²) in [4.78, 5) is 2.77. The Hall–Kier alpha value is -5.71. The van der Waals surface area contributed by atoms with Crippen LogP contribution in [0, 0.1) is 18.8 Å². The number of likely N-dealkylation sites (tertiary alicyclic amines) is 1. The Morgan fingerprint density at radius 1 is 0.493 bits per heavy atom. The number of aliphatic hydroxyl groups is 2. The van der Waals surface area contributed by atoms with E-state index in [4.69, 9.17) is 4.18 Å². The highest BCUT2D eigenvalue weighted by atomic mass is 32.2. The summed E-state index contributed by atoms with van der Waals surface area (Å²) < 4.78 is 29.4. The molecule has 9 rings (SSSR count). The van der Waals surface area contributed by atoms with E-state index in [1.165, 1.54) is 16.7 Å². The Kier molecular flexibility index (Phi) is 19.7. The average Bonchev–Trinajstić information content (AvgIpc) is 3.44. The summed E-state index contributed by atoms with van der Waals surface area (Å²) in [6.07, 6.45) is 5.65. The summed E-state index contributed by atoms with van der Waals surface area (Å²) in [5.74, 6) is 0.473. The molecule has 0 radical (unpaired) electrons. The van der Waals surface area contributed by atoms with Crippen molar-refractivity contribution >= 4 is 10.1 Å². The minimum atomic E-state index is -3.69. The molecule has 0 aromatic heterocycles. The number of aryl methyl sites for hydroxylation is 1. The van der Waals surface area contributed by atoms with Crippen LogP contribution >= 0.6 is 0 Å². The number of nitrogens with zero attached hydrogens (tertiary/aromatic N) is 1. The lowest BCUT2D eigenvalue weighted by Crippen LogP contribution is -2.44. The molecule has 0 aliphatic carbocycles. The second-order valence-corrected chi connectivity index (χ2v) is 24.2. The number of hydrogen-bond acceptors (Lipinski definition) is 7. The predicted octanol–water partition coefficient (Wildman–Crippen LogP) is 13.3. The number of piperidine rings is 2. The largest absolute Gasteiger partial charge is 0.380 e. The minimum absolute atomic E-state index is 0.0742. The molecule has 7 nitrogen and oxygen atoms in total. The van der Waals surface area contributed by atoms with Gasteiger partial charge in [0.2, 0.25) is 0 Å². The molecule has 0 atom stereocenters. The third-order valence-corrected chi connectivity index (χ3v) is 16.5. The molecule has 0 unspecified atom stereocenters. The lowest BCUT2D eigenvalue weighted by molar-refractivity contribution is -0.0140. The third-order valence-electron chi connectivity index (χ3n) is 15.2. The molecule has 7 aromatic rings. The van der Waals surface area contributed by atoms with Crippen LogP contribution in [0.25, 0.3) is 0 Å². The van der Waals surface area contributed by atoms with Crippen molar-refractivity contribution in [2.75, 3.05) is 39.3 Å². The summed E-state index contributed by atoms with van der Waals surface area (Å²) >= 11 is 0. The first-order valence-electron chi connectivity index (χ1n) is 27.1. The molecule has 2 heterocycles. The highest BCUT2D eigenvalue weighted by Crippen LogP contribution is 2.43. The van der Waals surface area contributed by atoms with E-state index in [-0.39, 0.29) is 34.2 Å². The van der Waals surface area contributed by atoms with E-state index in [2.05, 4.69) is 112 Å². The fraction of sp³-hybridized carbons (Fsp3) is 0.373. The monoisotopic (exact) mass is 1030 g/mol. The van der Waals surface area contributed by atoms with Crippen LogP contribution in [0.2, 0.25) is 0 Å². The zero-order valence-electron chi connectivity index (χ0n) is 45.6. The van der Waals surface area contributed by atoms with E-state index in [0.717, 1.165) is 98.2 Å². The summed E-state index contributed by atoms with van der Waals surface area (Å²) in [5, 5.41) is 27.0. The van der Waals surface area contributed by atoms with Crippen molar-refractivity contribution in [3.8, 4) is 0 Å². The molecule has 2 saturated heterocycles. The molecule has 2 fully saturated rings. The average molecular weight is 1030 g/mol. The van der Waals surface area contributed by atoms with Crippen LogP contribution in [0.3, 0.4) is 0 Å². The smallest absolute Gasteiger partial charge is 0.296 e. The number of nitrogens with one attached hydrogen (secondary N) is 1. The molecule has 7 aromatic carbocycles. The van der Waals surface area contributed by atoms with Gasteiger partial charge in [0.05, 0.1) is 11.5 Å².